The Morgan fingerprint density at radius 2 is 2.12 bits per heavy atom. The first-order valence-corrected chi connectivity index (χ1v) is 6.40. The molecular weight excluding hydrogens is 259 g/mol. The monoisotopic (exact) mass is 272 g/mol. The zero-order valence-corrected chi connectivity index (χ0v) is 11.3. The van der Waals surface area contributed by atoms with Crippen molar-refractivity contribution in [1.82, 2.24) is 9.88 Å². The Bertz CT molecular complexity index is 442. The van der Waals surface area contributed by atoms with Gasteiger partial charge in [0.05, 0.1) is 10.6 Å². The van der Waals surface area contributed by atoms with Gasteiger partial charge < -0.3 is 4.90 Å². The van der Waals surface area contributed by atoms with Crippen LogP contribution in [0.3, 0.4) is 0 Å². The van der Waals surface area contributed by atoms with Crippen LogP contribution in [0.5, 0.6) is 0 Å². The highest BCUT2D eigenvalue weighted by molar-refractivity contribution is 6.41. The van der Waals surface area contributed by atoms with Crippen molar-refractivity contribution in [3.8, 4) is 0 Å². The van der Waals surface area contributed by atoms with E-state index in [9.17, 15) is 4.79 Å². The van der Waals surface area contributed by atoms with E-state index in [4.69, 9.17) is 23.2 Å². The number of aromatic nitrogens is 1. The fourth-order valence-corrected chi connectivity index (χ4v) is 2.13. The first-order chi connectivity index (χ1) is 8.00. The lowest BCUT2D eigenvalue weighted by molar-refractivity contribution is 0.0690. The van der Waals surface area contributed by atoms with E-state index in [1.54, 1.807) is 6.07 Å². The van der Waals surface area contributed by atoms with E-state index in [2.05, 4.69) is 4.98 Å². The topological polar surface area (TPSA) is 33.2 Å². The Kier molecular flexibility index (Phi) is 3.59. The largest absolute Gasteiger partial charge is 0.333 e. The molecule has 1 fully saturated rings. The molecule has 0 N–H and O–H groups in total. The standard InChI is InChI=1S/C12H14Cl2N2O/c1-7(2)16(9-3-4-9)12(17)8-5-10(13)11(14)15-6-8/h5-7,9H,3-4H2,1-2H3. The molecule has 5 heteroatoms. The second kappa shape index (κ2) is 4.83. The first kappa shape index (κ1) is 12.7. The van der Waals surface area contributed by atoms with Crippen LogP contribution in [0.4, 0.5) is 0 Å². The molecule has 0 saturated heterocycles. The minimum Gasteiger partial charge on any atom is -0.333 e. The molecule has 0 aliphatic heterocycles. The first-order valence-electron chi connectivity index (χ1n) is 5.64. The van der Waals surface area contributed by atoms with Crippen LogP contribution in [0.25, 0.3) is 0 Å². The summed E-state index contributed by atoms with van der Waals surface area (Å²) in [6.07, 6.45) is 3.64. The SMILES string of the molecule is CC(C)N(C(=O)c1cnc(Cl)c(Cl)c1)C1CC1. The van der Waals surface area contributed by atoms with Gasteiger partial charge in [-0.1, -0.05) is 23.2 Å². The van der Waals surface area contributed by atoms with Gasteiger partial charge in [-0.15, -0.1) is 0 Å². The van der Waals surface area contributed by atoms with Gasteiger partial charge in [-0.05, 0) is 32.8 Å². The van der Waals surface area contributed by atoms with Crippen LogP contribution >= 0.6 is 23.2 Å². The number of hydrogen-bond donors (Lipinski definition) is 0. The highest BCUT2D eigenvalue weighted by Gasteiger charge is 2.34. The smallest absolute Gasteiger partial charge is 0.255 e. The molecule has 1 aromatic heterocycles. The van der Waals surface area contributed by atoms with Crippen LogP contribution in [0.1, 0.15) is 37.0 Å². The summed E-state index contributed by atoms with van der Waals surface area (Å²) in [4.78, 5) is 18.1. The van der Waals surface area contributed by atoms with Gasteiger partial charge in [-0.25, -0.2) is 4.98 Å². The van der Waals surface area contributed by atoms with Gasteiger partial charge in [0.2, 0.25) is 0 Å². The van der Waals surface area contributed by atoms with Crippen LogP contribution in [0.15, 0.2) is 12.3 Å². The maximum atomic E-state index is 12.3. The predicted molar refractivity (Wildman–Crippen MR) is 68.6 cm³/mol. The number of halogens is 2. The Morgan fingerprint density at radius 1 is 1.47 bits per heavy atom. The molecule has 1 aliphatic carbocycles. The van der Waals surface area contributed by atoms with Crippen molar-refractivity contribution in [2.24, 2.45) is 0 Å². The van der Waals surface area contributed by atoms with Crippen LogP contribution in [-0.2, 0) is 0 Å². The van der Waals surface area contributed by atoms with Gasteiger partial charge >= 0.3 is 0 Å². The number of amides is 1. The maximum absolute atomic E-state index is 12.3. The van der Waals surface area contributed by atoms with Gasteiger partial charge in [0.25, 0.3) is 5.91 Å². The van der Waals surface area contributed by atoms with Crippen molar-refractivity contribution >= 4 is 29.1 Å². The average molecular weight is 273 g/mol. The van der Waals surface area contributed by atoms with Crippen LogP contribution in [0.2, 0.25) is 10.2 Å². The molecule has 2 rings (SSSR count). The van der Waals surface area contributed by atoms with Crippen molar-refractivity contribution in [2.75, 3.05) is 0 Å². The Hall–Kier alpha value is -0.800. The molecule has 0 aromatic carbocycles. The molecule has 1 heterocycles. The van der Waals surface area contributed by atoms with Crippen molar-refractivity contribution < 1.29 is 4.79 Å². The molecule has 1 saturated carbocycles. The number of carbonyl (C=O) groups excluding carboxylic acids is 1. The van der Waals surface area contributed by atoms with E-state index >= 15 is 0 Å². The zero-order valence-electron chi connectivity index (χ0n) is 9.78. The van der Waals surface area contributed by atoms with Crippen molar-refractivity contribution in [3.63, 3.8) is 0 Å². The Balaban J connectivity index is 2.25. The van der Waals surface area contributed by atoms with E-state index in [1.165, 1.54) is 6.20 Å². The van der Waals surface area contributed by atoms with Gasteiger partial charge in [-0.3, -0.25) is 4.79 Å². The second-order valence-corrected chi connectivity index (χ2v) is 5.30. The van der Waals surface area contributed by atoms with Gasteiger partial charge in [0.15, 0.2) is 0 Å². The van der Waals surface area contributed by atoms with E-state index in [0.717, 1.165) is 12.8 Å². The summed E-state index contributed by atoms with van der Waals surface area (Å²) >= 11 is 11.6. The average Bonchev–Trinajstić information content (AvgIpc) is 3.06. The Morgan fingerprint density at radius 3 is 2.59 bits per heavy atom. The molecule has 0 spiro atoms. The summed E-state index contributed by atoms with van der Waals surface area (Å²) in [5.74, 6) is -0.0198. The summed E-state index contributed by atoms with van der Waals surface area (Å²) in [7, 11) is 0. The molecule has 92 valence electrons. The lowest BCUT2D eigenvalue weighted by Gasteiger charge is -2.26. The highest BCUT2D eigenvalue weighted by atomic mass is 35.5. The van der Waals surface area contributed by atoms with E-state index in [1.807, 2.05) is 18.7 Å². The van der Waals surface area contributed by atoms with Crippen molar-refractivity contribution in [2.45, 2.75) is 38.8 Å². The summed E-state index contributed by atoms with van der Waals surface area (Å²) < 4.78 is 0. The summed E-state index contributed by atoms with van der Waals surface area (Å²) in [6, 6.07) is 2.14. The van der Waals surface area contributed by atoms with Gasteiger partial charge in [-0.2, -0.15) is 0 Å². The number of rotatable bonds is 3. The molecule has 0 atom stereocenters. The second-order valence-electron chi connectivity index (χ2n) is 4.53. The van der Waals surface area contributed by atoms with Crippen LogP contribution < -0.4 is 0 Å². The fourth-order valence-electron chi connectivity index (χ4n) is 1.86. The fraction of sp³-hybridized carbons (Fsp3) is 0.500. The molecular formula is C12H14Cl2N2O. The molecule has 1 aliphatic rings. The normalized spacial score (nSPS) is 15.1. The molecule has 1 aromatic rings. The lowest BCUT2D eigenvalue weighted by Crippen LogP contribution is -2.38. The molecule has 3 nitrogen and oxygen atoms in total. The minimum absolute atomic E-state index is 0.0198. The third-order valence-corrected chi connectivity index (χ3v) is 3.46. The molecule has 17 heavy (non-hydrogen) atoms. The zero-order chi connectivity index (χ0) is 12.6. The third kappa shape index (κ3) is 2.72. The number of nitrogens with zero attached hydrogens (tertiary/aromatic N) is 2. The number of carbonyl (C=O) groups is 1. The van der Waals surface area contributed by atoms with E-state index in [-0.39, 0.29) is 17.1 Å². The lowest BCUT2D eigenvalue weighted by atomic mass is 10.2. The molecule has 0 bridgehead atoms. The van der Waals surface area contributed by atoms with Gasteiger partial charge in [0.1, 0.15) is 5.15 Å². The van der Waals surface area contributed by atoms with Crippen molar-refractivity contribution in [3.05, 3.63) is 28.0 Å². The Labute approximate surface area is 111 Å². The molecule has 0 unspecified atom stereocenters. The summed E-state index contributed by atoms with van der Waals surface area (Å²) in [5, 5.41) is 0.544. The predicted octanol–water partition coefficient (Wildman–Crippen LogP) is 3.40. The molecule has 0 radical (unpaired) electrons. The number of pyridine rings is 1. The van der Waals surface area contributed by atoms with E-state index < -0.39 is 0 Å². The number of hydrogen-bond acceptors (Lipinski definition) is 2. The highest BCUT2D eigenvalue weighted by Crippen LogP contribution is 2.30. The van der Waals surface area contributed by atoms with Crippen molar-refractivity contribution in [1.29, 1.82) is 0 Å². The summed E-state index contributed by atoms with van der Waals surface area (Å²) in [5.41, 5.74) is 0.500. The van der Waals surface area contributed by atoms with Gasteiger partial charge in [0, 0.05) is 18.3 Å². The minimum atomic E-state index is -0.0198. The summed E-state index contributed by atoms with van der Waals surface area (Å²) in [6.45, 7) is 4.03. The van der Waals surface area contributed by atoms with E-state index in [0.29, 0.717) is 16.6 Å². The maximum Gasteiger partial charge on any atom is 0.255 e. The van der Waals surface area contributed by atoms with Crippen LogP contribution in [-0.4, -0.2) is 27.9 Å². The molecule has 1 amide bonds. The quantitative estimate of drug-likeness (QED) is 0.791. The third-order valence-electron chi connectivity index (χ3n) is 2.77. The van der Waals surface area contributed by atoms with Crippen LogP contribution in [0, 0.1) is 0 Å².